The van der Waals surface area contributed by atoms with E-state index in [0.29, 0.717) is 11.4 Å². The normalized spacial score (nSPS) is 10.5. The van der Waals surface area contributed by atoms with Crippen LogP contribution in [0.2, 0.25) is 0 Å². The van der Waals surface area contributed by atoms with Crippen molar-refractivity contribution in [3.8, 4) is 11.4 Å². The summed E-state index contributed by atoms with van der Waals surface area (Å²) in [4.78, 5) is 25.0. The molecule has 0 spiro atoms. The summed E-state index contributed by atoms with van der Waals surface area (Å²) in [6.07, 6.45) is 0. The molecule has 0 radical (unpaired) electrons. The predicted molar refractivity (Wildman–Crippen MR) is 92.8 cm³/mol. The Labute approximate surface area is 138 Å². The number of methoxy groups -OCH3 is 1. The van der Waals surface area contributed by atoms with Crippen LogP contribution >= 0.6 is 0 Å². The van der Waals surface area contributed by atoms with E-state index in [9.17, 15) is 9.59 Å². The summed E-state index contributed by atoms with van der Waals surface area (Å²) >= 11 is 0. The molecule has 0 aliphatic rings. The summed E-state index contributed by atoms with van der Waals surface area (Å²) in [7, 11) is 1.54. The standard InChI is InChI=1S/C18H17N3O3/c1-24-15-9-5-8-14(10-15)21-16(19)11-17(22)20(18(21)23)12-13-6-3-2-4-7-13/h2-11H,12,19H2,1H3. The first-order valence-electron chi connectivity index (χ1n) is 7.41. The number of nitrogen functional groups attached to an aromatic ring is 1. The molecule has 0 fully saturated rings. The monoisotopic (exact) mass is 323 g/mol. The Hall–Kier alpha value is -3.28. The van der Waals surface area contributed by atoms with E-state index >= 15 is 0 Å². The molecule has 0 amide bonds. The maximum Gasteiger partial charge on any atom is 0.337 e. The number of anilines is 1. The zero-order valence-electron chi connectivity index (χ0n) is 13.2. The van der Waals surface area contributed by atoms with E-state index in [-0.39, 0.29) is 12.4 Å². The lowest BCUT2D eigenvalue weighted by Crippen LogP contribution is -2.40. The SMILES string of the molecule is COc1cccc(-n2c(N)cc(=O)n(Cc3ccccc3)c2=O)c1. The molecule has 24 heavy (non-hydrogen) atoms. The first-order chi connectivity index (χ1) is 11.6. The van der Waals surface area contributed by atoms with Crippen LogP contribution in [-0.4, -0.2) is 16.2 Å². The summed E-state index contributed by atoms with van der Waals surface area (Å²) < 4.78 is 7.64. The average molecular weight is 323 g/mol. The van der Waals surface area contributed by atoms with Crippen molar-refractivity contribution in [2.45, 2.75) is 6.54 Å². The Morgan fingerprint density at radius 1 is 1.00 bits per heavy atom. The lowest BCUT2D eigenvalue weighted by atomic mass is 10.2. The van der Waals surface area contributed by atoms with Crippen LogP contribution in [0.5, 0.6) is 5.75 Å². The van der Waals surface area contributed by atoms with Gasteiger partial charge in [-0.05, 0) is 17.7 Å². The van der Waals surface area contributed by atoms with Gasteiger partial charge in [0.1, 0.15) is 11.6 Å². The van der Waals surface area contributed by atoms with Crippen LogP contribution < -0.4 is 21.7 Å². The molecule has 0 atom stereocenters. The van der Waals surface area contributed by atoms with E-state index in [1.165, 1.54) is 10.6 Å². The van der Waals surface area contributed by atoms with E-state index in [1.807, 2.05) is 30.3 Å². The first-order valence-corrected chi connectivity index (χ1v) is 7.41. The Morgan fingerprint density at radius 2 is 1.75 bits per heavy atom. The van der Waals surface area contributed by atoms with E-state index in [1.54, 1.807) is 31.4 Å². The number of hydrogen-bond acceptors (Lipinski definition) is 4. The number of hydrogen-bond donors (Lipinski definition) is 1. The summed E-state index contributed by atoms with van der Waals surface area (Å²) in [5.74, 6) is 0.683. The van der Waals surface area contributed by atoms with Crippen molar-refractivity contribution < 1.29 is 4.74 Å². The van der Waals surface area contributed by atoms with Crippen molar-refractivity contribution in [2.75, 3.05) is 12.8 Å². The van der Waals surface area contributed by atoms with Gasteiger partial charge >= 0.3 is 5.69 Å². The molecular formula is C18H17N3O3. The molecule has 122 valence electrons. The zero-order valence-corrected chi connectivity index (χ0v) is 13.2. The van der Waals surface area contributed by atoms with Gasteiger partial charge in [-0.1, -0.05) is 36.4 Å². The minimum Gasteiger partial charge on any atom is -0.497 e. The second kappa shape index (κ2) is 6.45. The fraction of sp³-hybridized carbons (Fsp3) is 0.111. The summed E-state index contributed by atoms with van der Waals surface area (Å²) in [6.45, 7) is 0.183. The van der Waals surface area contributed by atoms with Gasteiger partial charge in [0.2, 0.25) is 0 Å². The molecule has 0 saturated carbocycles. The number of nitrogens with two attached hydrogens (primary N) is 1. The number of aromatic nitrogens is 2. The van der Waals surface area contributed by atoms with Gasteiger partial charge in [0.15, 0.2) is 0 Å². The fourth-order valence-electron chi connectivity index (χ4n) is 2.52. The Morgan fingerprint density at radius 3 is 2.46 bits per heavy atom. The number of rotatable bonds is 4. The Balaban J connectivity index is 2.16. The minimum absolute atomic E-state index is 0.0857. The highest BCUT2D eigenvalue weighted by molar-refractivity contribution is 5.45. The van der Waals surface area contributed by atoms with E-state index in [4.69, 9.17) is 10.5 Å². The maximum atomic E-state index is 12.8. The summed E-state index contributed by atoms with van der Waals surface area (Å²) in [5, 5.41) is 0. The molecule has 2 aromatic carbocycles. The second-order valence-corrected chi connectivity index (χ2v) is 5.30. The molecule has 0 aliphatic heterocycles. The summed E-state index contributed by atoms with van der Waals surface area (Å²) in [5.41, 5.74) is 6.40. The van der Waals surface area contributed by atoms with Crippen molar-refractivity contribution in [1.29, 1.82) is 0 Å². The highest BCUT2D eigenvalue weighted by atomic mass is 16.5. The highest BCUT2D eigenvalue weighted by Crippen LogP contribution is 2.16. The topological polar surface area (TPSA) is 79.2 Å². The largest absolute Gasteiger partial charge is 0.497 e. The molecule has 2 N–H and O–H groups in total. The van der Waals surface area contributed by atoms with Crippen molar-refractivity contribution >= 4 is 5.82 Å². The molecule has 0 aliphatic carbocycles. The van der Waals surface area contributed by atoms with Crippen molar-refractivity contribution in [3.05, 3.63) is 87.1 Å². The highest BCUT2D eigenvalue weighted by Gasteiger charge is 2.12. The number of nitrogens with zero attached hydrogens (tertiary/aromatic N) is 2. The van der Waals surface area contributed by atoms with E-state index in [0.717, 1.165) is 10.1 Å². The minimum atomic E-state index is -0.489. The third-order valence-electron chi connectivity index (χ3n) is 3.71. The molecule has 3 aromatic rings. The zero-order chi connectivity index (χ0) is 17.1. The predicted octanol–water partition coefficient (Wildman–Crippen LogP) is 1.64. The smallest absolute Gasteiger partial charge is 0.337 e. The van der Waals surface area contributed by atoms with Crippen LogP contribution in [0.1, 0.15) is 5.56 Å². The maximum absolute atomic E-state index is 12.8. The molecule has 0 saturated heterocycles. The quantitative estimate of drug-likeness (QED) is 0.791. The van der Waals surface area contributed by atoms with Crippen LogP contribution in [-0.2, 0) is 6.54 Å². The van der Waals surface area contributed by atoms with Crippen LogP contribution in [0.25, 0.3) is 5.69 Å². The molecule has 6 nitrogen and oxygen atoms in total. The van der Waals surface area contributed by atoms with Crippen molar-refractivity contribution in [3.63, 3.8) is 0 Å². The van der Waals surface area contributed by atoms with Gasteiger partial charge in [0, 0.05) is 12.1 Å². The van der Waals surface area contributed by atoms with Gasteiger partial charge in [-0.25, -0.2) is 9.36 Å². The van der Waals surface area contributed by atoms with Crippen molar-refractivity contribution in [1.82, 2.24) is 9.13 Å². The van der Waals surface area contributed by atoms with Crippen LogP contribution in [0, 0.1) is 0 Å². The number of benzene rings is 2. The van der Waals surface area contributed by atoms with E-state index < -0.39 is 11.2 Å². The van der Waals surface area contributed by atoms with Gasteiger partial charge < -0.3 is 10.5 Å². The van der Waals surface area contributed by atoms with E-state index in [2.05, 4.69) is 0 Å². The van der Waals surface area contributed by atoms with Crippen LogP contribution in [0.3, 0.4) is 0 Å². The molecule has 6 heteroatoms. The Bertz CT molecular complexity index is 975. The summed E-state index contributed by atoms with van der Waals surface area (Å²) in [6, 6.07) is 17.5. The molecular weight excluding hydrogens is 306 g/mol. The van der Waals surface area contributed by atoms with Crippen molar-refractivity contribution in [2.24, 2.45) is 0 Å². The van der Waals surface area contributed by atoms with Crippen LogP contribution in [0.4, 0.5) is 5.82 Å². The van der Waals surface area contributed by atoms with Gasteiger partial charge in [-0.15, -0.1) is 0 Å². The van der Waals surface area contributed by atoms with Gasteiger partial charge in [-0.3, -0.25) is 9.36 Å². The second-order valence-electron chi connectivity index (χ2n) is 5.30. The molecule has 0 bridgehead atoms. The lowest BCUT2D eigenvalue weighted by Gasteiger charge is -2.13. The molecule has 1 aromatic heterocycles. The lowest BCUT2D eigenvalue weighted by molar-refractivity contribution is 0.414. The molecule has 0 unspecified atom stereocenters. The van der Waals surface area contributed by atoms with Crippen LogP contribution in [0.15, 0.2) is 70.3 Å². The van der Waals surface area contributed by atoms with Gasteiger partial charge in [-0.2, -0.15) is 0 Å². The number of ether oxygens (including phenoxy) is 1. The molecule has 1 heterocycles. The average Bonchev–Trinajstić information content (AvgIpc) is 2.59. The Kier molecular flexibility index (Phi) is 4.20. The third kappa shape index (κ3) is 2.94. The third-order valence-corrected chi connectivity index (χ3v) is 3.71. The fourth-order valence-corrected chi connectivity index (χ4v) is 2.52. The molecule has 3 rings (SSSR count). The van der Waals surface area contributed by atoms with Gasteiger partial charge in [0.05, 0.1) is 19.3 Å². The first kappa shape index (κ1) is 15.6. The van der Waals surface area contributed by atoms with Gasteiger partial charge in [0.25, 0.3) is 5.56 Å².